The molecule has 8 heteroatoms. The number of fused-ring (bicyclic) bond motifs is 1. The highest BCUT2D eigenvalue weighted by Gasteiger charge is 2.45. The van der Waals surface area contributed by atoms with Gasteiger partial charge in [-0.15, -0.1) is 0 Å². The van der Waals surface area contributed by atoms with Crippen LogP contribution in [-0.2, 0) is 0 Å². The Kier molecular flexibility index (Phi) is 4.52. The number of benzene rings is 3. The fourth-order valence-electron chi connectivity index (χ4n) is 4.01. The van der Waals surface area contributed by atoms with Crippen molar-refractivity contribution in [3.63, 3.8) is 0 Å². The van der Waals surface area contributed by atoms with Crippen LogP contribution in [0.25, 0.3) is 11.3 Å². The van der Waals surface area contributed by atoms with Crippen LogP contribution in [0, 0.1) is 10.1 Å². The van der Waals surface area contributed by atoms with Gasteiger partial charge in [0.05, 0.1) is 22.2 Å². The largest absolute Gasteiger partial charge is 0.295 e. The van der Waals surface area contributed by atoms with Crippen LogP contribution in [-0.4, -0.2) is 21.0 Å². The Labute approximate surface area is 182 Å². The Morgan fingerprint density at radius 1 is 0.968 bits per heavy atom. The van der Waals surface area contributed by atoms with Crippen molar-refractivity contribution >= 4 is 28.9 Å². The maximum atomic E-state index is 13.4. The number of rotatable bonds is 4. The number of nitrogens with zero attached hydrogens (tertiary/aromatic N) is 3. The minimum Gasteiger partial charge on any atom is -0.295 e. The molecule has 0 aliphatic carbocycles. The Balaban J connectivity index is 1.77. The maximum Gasteiger partial charge on any atom is 0.277 e. The van der Waals surface area contributed by atoms with Crippen molar-refractivity contribution in [3.8, 4) is 11.3 Å². The molecule has 0 saturated carbocycles. The standard InChI is InChI=1S/C23H15ClN4O3/c24-15-12-10-14(11-13-15)20-19-21(26-25-20)23(29)27(16-6-2-1-3-7-16)22(19)17-8-4-5-9-18(17)28(30)31/h1-13,22H,(H,25,26)/t22-/m0/s1. The van der Waals surface area contributed by atoms with E-state index in [1.165, 1.54) is 6.07 Å². The van der Waals surface area contributed by atoms with Crippen LogP contribution >= 0.6 is 11.6 Å². The lowest BCUT2D eigenvalue weighted by molar-refractivity contribution is -0.385. The molecule has 3 aromatic carbocycles. The molecular formula is C23H15ClN4O3. The molecule has 0 spiro atoms. The van der Waals surface area contributed by atoms with Crippen molar-refractivity contribution in [2.24, 2.45) is 0 Å². The number of hydrogen-bond acceptors (Lipinski definition) is 4. The zero-order chi connectivity index (χ0) is 21.5. The highest BCUT2D eigenvalue weighted by Crippen LogP contribution is 2.47. The number of anilines is 1. The van der Waals surface area contributed by atoms with Gasteiger partial charge in [-0.1, -0.05) is 54.1 Å². The number of amides is 1. The van der Waals surface area contributed by atoms with Crippen LogP contribution < -0.4 is 4.90 Å². The molecule has 1 atom stereocenters. The maximum absolute atomic E-state index is 13.4. The van der Waals surface area contributed by atoms with E-state index in [1.54, 1.807) is 47.4 Å². The number of nitro groups is 1. The number of H-pyrrole nitrogens is 1. The van der Waals surface area contributed by atoms with Crippen LogP contribution in [0.1, 0.15) is 27.7 Å². The summed E-state index contributed by atoms with van der Waals surface area (Å²) >= 11 is 6.03. The van der Waals surface area contributed by atoms with E-state index in [-0.39, 0.29) is 11.6 Å². The van der Waals surface area contributed by atoms with Crippen LogP contribution in [0.4, 0.5) is 11.4 Å². The number of carbonyl (C=O) groups is 1. The van der Waals surface area contributed by atoms with Gasteiger partial charge in [0.25, 0.3) is 11.6 Å². The average molecular weight is 431 g/mol. The van der Waals surface area contributed by atoms with E-state index in [0.717, 1.165) is 5.56 Å². The zero-order valence-corrected chi connectivity index (χ0v) is 16.8. The highest BCUT2D eigenvalue weighted by atomic mass is 35.5. The van der Waals surface area contributed by atoms with Crippen molar-refractivity contribution in [3.05, 3.63) is 111 Å². The molecule has 1 amide bonds. The summed E-state index contributed by atoms with van der Waals surface area (Å²) in [6.07, 6.45) is 0. The van der Waals surface area contributed by atoms with Gasteiger partial charge in [-0.2, -0.15) is 5.10 Å². The lowest BCUT2D eigenvalue weighted by atomic mass is 9.94. The Hall–Kier alpha value is -3.97. The molecular weight excluding hydrogens is 416 g/mol. The van der Waals surface area contributed by atoms with E-state index < -0.39 is 11.0 Å². The van der Waals surface area contributed by atoms with E-state index in [9.17, 15) is 14.9 Å². The summed E-state index contributed by atoms with van der Waals surface area (Å²) in [5, 5.41) is 19.6. The molecule has 0 unspecified atom stereocenters. The molecule has 1 N–H and O–H groups in total. The van der Waals surface area contributed by atoms with Gasteiger partial charge >= 0.3 is 0 Å². The zero-order valence-electron chi connectivity index (χ0n) is 16.0. The lowest BCUT2D eigenvalue weighted by Gasteiger charge is -2.26. The average Bonchev–Trinajstić information content (AvgIpc) is 3.34. The number of nitro benzene ring substituents is 1. The number of nitrogens with one attached hydrogen (secondary N) is 1. The van der Waals surface area contributed by atoms with Gasteiger partial charge in [-0.25, -0.2) is 0 Å². The first-order chi connectivity index (χ1) is 15.1. The molecule has 2 heterocycles. The van der Waals surface area contributed by atoms with Gasteiger partial charge in [0.1, 0.15) is 5.69 Å². The third-order valence-corrected chi connectivity index (χ3v) is 5.60. The second-order valence-electron chi connectivity index (χ2n) is 7.10. The predicted octanol–water partition coefficient (Wildman–Crippen LogP) is 5.39. The second kappa shape index (κ2) is 7.37. The molecule has 0 fully saturated rings. The van der Waals surface area contributed by atoms with Crippen molar-refractivity contribution in [2.45, 2.75) is 6.04 Å². The van der Waals surface area contributed by atoms with Gasteiger partial charge in [-0.3, -0.25) is 24.9 Å². The molecule has 1 aliphatic rings. The Morgan fingerprint density at radius 3 is 2.35 bits per heavy atom. The molecule has 31 heavy (non-hydrogen) atoms. The van der Waals surface area contributed by atoms with Crippen LogP contribution in [0.5, 0.6) is 0 Å². The quantitative estimate of drug-likeness (QED) is 0.347. The third-order valence-electron chi connectivity index (χ3n) is 5.35. The number of aromatic amines is 1. The summed E-state index contributed by atoms with van der Waals surface area (Å²) in [5.41, 5.74) is 3.23. The topological polar surface area (TPSA) is 92.1 Å². The molecule has 1 aliphatic heterocycles. The smallest absolute Gasteiger partial charge is 0.277 e. The molecule has 0 saturated heterocycles. The van der Waals surface area contributed by atoms with Gasteiger partial charge in [0.2, 0.25) is 0 Å². The molecule has 0 radical (unpaired) electrons. The summed E-state index contributed by atoms with van der Waals surface area (Å²) < 4.78 is 0. The molecule has 152 valence electrons. The van der Waals surface area contributed by atoms with Crippen molar-refractivity contribution < 1.29 is 9.72 Å². The van der Waals surface area contributed by atoms with E-state index in [1.807, 2.05) is 30.3 Å². The van der Waals surface area contributed by atoms with Crippen LogP contribution in [0.15, 0.2) is 78.9 Å². The van der Waals surface area contributed by atoms with Crippen molar-refractivity contribution in [1.82, 2.24) is 10.2 Å². The molecule has 5 rings (SSSR count). The SMILES string of the molecule is O=C1c2[nH]nc(-c3ccc(Cl)cc3)c2[C@H](c2ccccc2[N+](=O)[O-])N1c1ccccc1. The number of para-hydroxylation sites is 2. The fourth-order valence-corrected chi connectivity index (χ4v) is 4.14. The van der Waals surface area contributed by atoms with E-state index >= 15 is 0 Å². The third kappa shape index (κ3) is 3.06. The monoisotopic (exact) mass is 430 g/mol. The molecule has 4 aromatic rings. The number of hydrogen-bond donors (Lipinski definition) is 1. The van der Waals surface area contributed by atoms with E-state index in [2.05, 4.69) is 10.2 Å². The summed E-state index contributed by atoms with van der Waals surface area (Å²) in [6.45, 7) is 0. The summed E-state index contributed by atoms with van der Waals surface area (Å²) in [5.74, 6) is -0.294. The molecule has 7 nitrogen and oxygen atoms in total. The number of aromatic nitrogens is 2. The summed E-state index contributed by atoms with van der Waals surface area (Å²) in [6, 6.07) is 22.0. The number of halogens is 1. The summed E-state index contributed by atoms with van der Waals surface area (Å²) in [7, 11) is 0. The van der Waals surface area contributed by atoms with Gasteiger partial charge < -0.3 is 0 Å². The van der Waals surface area contributed by atoms with Gasteiger partial charge in [0, 0.05) is 27.9 Å². The van der Waals surface area contributed by atoms with Crippen molar-refractivity contribution in [1.29, 1.82) is 0 Å². The number of carbonyl (C=O) groups excluding carboxylic acids is 1. The lowest BCUT2D eigenvalue weighted by Crippen LogP contribution is -2.29. The molecule has 0 bridgehead atoms. The molecule has 1 aromatic heterocycles. The first-order valence-electron chi connectivity index (χ1n) is 9.52. The Bertz CT molecular complexity index is 1300. The highest BCUT2D eigenvalue weighted by molar-refractivity contribution is 6.30. The normalized spacial score (nSPS) is 15.2. The van der Waals surface area contributed by atoms with Crippen molar-refractivity contribution in [2.75, 3.05) is 4.90 Å². The Morgan fingerprint density at radius 2 is 1.65 bits per heavy atom. The van der Waals surface area contributed by atoms with Gasteiger partial charge in [0.15, 0.2) is 0 Å². The predicted molar refractivity (Wildman–Crippen MR) is 117 cm³/mol. The first kappa shape index (κ1) is 19.0. The second-order valence-corrected chi connectivity index (χ2v) is 7.53. The van der Waals surface area contributed by atoms with E-state index in [4.69, 9.17) is 11.6 Å². The summed E-state index contributed by atoms with van der Waals surface area (Å²) in [4.78, 5) is 26.4. The fraction of sp³-hybridized carbons (Fsp3) is 0.0435. The minimum atomic E-state index is -0.712. The minimum absolute atomic E-state index is 0.0580. The van der Waals surface area contributed by atoms with E-state index in [0.29, 0.717) is 33.2 Å². The van der Waals surface area contributed by atoms with Crippen LogP contribution in [0.3, 0.4) is 0 Å². The van der Waals surface area contributed by atoms with Crippen LogP contribution in [0.2, 0.25) is 5.02 Å². The van der Waals surface area contributed by atoms with Gasteiger partial charge in [-0.05, 0) is 30.3 Å². The first-order valence-corrected chi connectivity index (χ1v) is 9.90.